The Balaban J connectivity index is 2.20. The molecule has 0 saturated heterocycles. The molecule has 1 aromatic heterocycles. The topological polar surface area (TPSA) is 46.2 Å². The van der Waals surface area contributed by atoms with Crippen LogP contribution in [0.15, 0.2) is 41.8 Å². The van der Waals surface area contributed by atoms with Crippen molar-refractivity contribution in [2.24, 2.45) is 5.73 Å². The minimum absolute atomic E-state index is 0.0486. The molecule has 0 fully saturated rings. The normalized spacial score (nSPS) is 12.6. The Bertz CT molecular complexity index is 438. The third kappa shape index (κ3) is 2.50. The molecule has 2 rings (SSSR count). The first-order valence-electron chi connectivity index (χ1n) is 5.31. The van der Waals surface area contributed by atoms with Gasteiger partial charge in [-0.2, -0.15) is 0 Å². The number of hydrogen-bond acceptors (Lipinski definition) is 3. The summed E-state index contributed by atoms with van der Waals surface area (Å²) < 4.78 is 0. The molecule has 0 spiro atoms. The average molecular weight is 233 g/mol. The molecule has 0 aliphatic carbocycles. The van der Waals surface area contributed by atoms with Crippen molar-refractivity contribution < 1.29 is 5.11 Å². The lowest BCUT2D eigenvalue weighted by Crippen LogP contribution is -2.09. The first kappa shape index (κ1) is 11.3. The zero-order chi connectivity index (χ0) is 11.4. The van der Waals surface area contributed by atoms with Crippen LogP contribution in [0.2, 0.25) is 0 Å². The van der Waals surface area contributed by atoms with Crippen LogP contribution in [0.3, 0.4) is 0 Å². The van der Waals surface area contributed by atoms with Gasteiger partial charge in [0.1, 0.15) is 0 Å². The maximum absolute atomic E-state index is 8.85. The molecule has 2 nitrogen and oxygen atoms in total. The highest BCUT2D eigenvalue weighted by Crippen LogP contribution is 2.29. The average Bonchev–Trinajstić information content (AvgIpc) is 2.80. The van der Waals surface area contributed by atoms with E-state index in [1.54, 1.807) is 11.3 Å². The molecule has 1 aromatic carbocycles. The Hall–Kier alpha value is -1.16. The van der Waals surface area contributed by atoms with Crippen LogP contribution < -0.4 is 5.73 Å². The van der Waals surface area contributed by atoms with E-state index >= 15 is 0 Å². The molecule has 1 atom stereocenters. The van der Waals surface area contributed by atoms with Crippen LogP contribution in [0.25, 0.3) is 11.1 Å². The number of hydrogen-bond donors (Lipinski definition) is 2. The minimum atomic E-state index is -0.0486. The highest BCUT2D eigenvalue weighted by Gasteiger charge is 2.09. The van der Waals surface area contributed by atoms with Gasteiger partial charge in [0, 0.05) is 17.5 Å². The van der Waals surface area contributed by atoms with Crippen LogP contribution in [0.4, 0.5) is 0 Å². The van der Waals surface area contributed by atoms with Crippen LogP contribution in [0.5, 0.6) is 0 Å². The first-order valence-corrected chi connectivity index (χ1v) is 6.19. The number of thiophene rings is 1. The highest BCUT2D eigenvalue weighted by molar-refractivity contribution is 7.10. The summed E-state index contributed by atoms with van der Waals surface area (Å²) >= 11 is 1.66. The quantitative estimate of drug-likeness (QED) is 0.853. The van der Waals surface area contributed by atoms with Crippen LogP contribution in [0.1, 0.15) is 17.3 Å². The number of nitrogens with two attached hydrogens (primary N) is 1. The molecule has 0 aliphatic heterocycles. The number of rotatable bonds is 4. The molecular formula is C13H15NOS. The molecule has 0 radical (unpaired) electrons. The van der Waals surface area contributed by atoms with Crippen molar-refractivity contribution in [3.05, 3.63) is 46.7 Å². The predicted molar refractivity (Wildman–Crippen MR) is 68.4 cm³/mol. The van der Waals surface area contributed by atoms with E-state index < -0.39 is 0 Å². The van der Waals surface area contributed by atoms with Crippen molar-refractivity contribution >= 4 is 11.3 Å². The van der Waals surface area contributed by atoms with E-state index in [0.717, 1.165) is 4.88 Å². The molecule has 16 heavy (non-hydrogen) atoms. The third-order valence-electron chi connectivity index (χ3n) is 2.53. The monoisotopic (exact) mass is 233 g/mol. The molecule has 0 amide bonds. The standard InChI is InChI=1S/C13H15NOS/c14-12(6-7-15)13-8-11(9-16-13)10-4-2-1-3-5-10/h1-5,8-9,12,15H,6-7,14H2. The summed E-state index contributed by atoms with van der Waals surface area (Å²) in [6.45, 7) is 0.139. The van der Waals surface area contributed by atoms with E-state index in [9.17, 15) is 0 Å². The molecule has 2 aromatic rings. The van der Waals surface area contributed by atoms with Gasteiger partial charge in [0.2, 0.25) is 0 Å². The zero-order valence-corrected chi connectivity index (χ0v) is 9.78. The lowest BCUT2D eigenvalue weighted by molar-refractivity contribution is 0.277. The van der Waals surface area contributed by atoms with Crippen molar-refractivity contribution in [1.29, 1.82) is 0 Å². The molecule has 1 unspecified atom stereocenters. The summed E-state index contributed by atoms with van der Waals surface area (Å²) in [4.78, 5) is 1.13. The van der Waals surface area contributed by atoms with Crippen LogP contribution in [-0.2, 0) is 0 Å². The molecule has 84 valence electrons. The molecule has 3 heteroatoms. The van der Waals surface area contributed by atoms with E-state index in [-0.39, 0.29) is 12.6 Å². The van der Waals surface area contributed by atoms with Crippen molar-refractivity contribution in [2.75, 3.05) is 6.61 Å². The third-order valence-corrected chi connectivity index (χ3v) is 3.60. The van der Waals surface area contributed by atoms with Gasteiger partial charge in [0.25, 0.3) is 0 Å². The predicted octanol–water partition coefficient (Wildman–Crippen LogP) is 2.80. The molecule has 0 bridgehead atoms. The fraction of sp³-hybridized carbons (Fsp3) is 0.231. The maximum atomic E-state index is 8.85. The molecular weight excluding hydrogens is 218 g/mol. The summed E-state index contributed by atoms with van der Waals surface area (Å²) in [5.41, 5.74) is 8.36. The van der Waals surface area contributed by atoms with Crippen molar-refractivity contribution in [3.63, 3.8) is 0 Å². The Kier molecular flexibility index (Phi) is 3.72. The summed E-state index contributed by atoms with van der Waals surface area (Å²) in [6.07, 6.45) is 0.620. The van der Waals surface area contributed by atoms with E-state index in [0.29, 0.717) is 6.42 Å². The van der Waals surface area contributed by atoms with Gasteiger partial charge in [0.15, 0.2) is 0 Å². The molecule has 1 heterocycles. The second-order valence-electron chi connectivity index (χ2n) is 3.72. The Labute approximate surface area is 99.4 Å². The number of aliphatic hydroxyl groups excluding tert-OH is 1. The van der Waals surface area contributed by atoms with Gasteiger partial charge >= 0.3 is 0 Å². The smallest absolute Gasteiger partial charge is 0.0449 e. The summed E-state index contributed by atoms with van der Waals surface area (Å²) in [7, 11) is 0. The van der Waals surface area contributed by atoms with Gasteiger partial charge in [-0.3, -0.25) is 0 Å². The SMILES string of the molecule is NC(CCO)c1cc(-c2ccccc2)cs1. The van der Waals surface area contributed by atoms with Crippen molar-refractivity contribution in [1.82, 2.24) is 0 Å². The van der Waals surface area contributed by atoms with Crippen molar-refractivity contribution in [3.8, 4) is 11.1 Å². The molecule has 0 aliphatic rings. The second kappa shape index (κ2) is 5.25. The van der Waals surface area contributed by atoms with E-state index in [1.807, 2.05) is 18.2 Å². The Morgan fingerprint density at radius 3 is 2.62 bits per heavy atom. The summed E-state index contributed by atoms with van der Waals surface area (Å²) in [6, 6.07) is 12.3. The Morgan fingerprint density at radius 1 is 1.19 bits per heavy atom. The van der Waals surface area contributed by atoms with Gasteiger partial charge in [-0.1, -0.05) is 30.3 Å². The van der Waals surface area contributed by atoms with E-state index in [4.69, 9.17) is 10.8 Å². The summed E-state index contributed by atoms with van der Waals surface area (Å²) in [5.74, 6) is 0. The first-order chi connectivity index (χ1) is 7.81. The highest BCUT2D eigenvalue weighted by atomic mass is 32.1. The van der Waals surface area contributed by atoms with Gasteiger partial charge < -0.3 is 10.8 Å². The van der Waals surface area contributed by atoms with E-state index in [2.05, 4.69) is 23.6 Å². The summed E-state index contributed by atoms with van der Waals surface area (Å²) in [5, 5.41) is 11.0. The molecule has 0 saturated carbocycles. The zero-order valence-electron chi connectivity index (χ0n) is 8.97. The fourth-order valence-electron chi connectivity index (χ4n) is 1.61. The van der Waals surface area contributed by atoms with Gasteiger partial charge in [-0.25, -0.2) is 0 Å². The lowest BCUT2D eigenvalue weighted by Gasteiger charge is -2.05. The van der Waals surface area contributed by atoms with Crippen molar-refractivity contribution in [2.45, 2.75) is 12.5 Å². The molecule has 3 N–H and O–H groups in total. The Morgan fingerprint density at radius 2 is 1.94 bits per heavy atom. The minimum Gasteiger partial charge on any atom is -0.396 e. The number of aliphatic hydroxyl groups is 1. The number of benzene rings is 1. The largest absolute Gasteiger partial charge is 0.396 e. The lowest BCUT2D eigenvalue weighted by atomic mass is 10.1. The fourth-order valence-corrected chi connectivity index (χ4v) is 2.57. The second-order valence-corrected chi connectivity index (χ2v) is 4.67. The van der Waals surface area contributed by atoms with Gasteiger partial charge in [-0.15, -0.1) is 11.3 Å². The van der Waals surface area contributed by atoms with Crippen LogP contribution in [-0.4, -0.2) is 11.7 Å². The van der Waals surface area contributed by atoms with Crippen LogP contribution >= 0.6 is 11.3 Å². The van der Waals surface area contributed by atoms with Crippen LogP contribution in [0, 0.1) is 0 Å². The van der Waals surface area contributed by atoms with Gasteiger partial charge in [-0.05, 0) is 29.0 Å². The van der Waals surface area contributed by atoms with E-state index in [1.165, 1.54) is 11.1 Å². The van der Waals surface area contributed by atoms with Gasteiger partial charge in [0.05, 0.1) is 0 Å². The maximum Gasteiger partial charge on any atom is 0.0449 e.